The number of halogens is 3. The van der Waals surface area contributed by atoms with Crippen LogP contribution in [0, 0.1) is 0 Å². The summed E-state index contributed by atoms with van der Waals surface area (Å²) in [7, 11) is 0. The van der Waals surface area contributed by atoms with Crippen LogP contribution in [0.5, 0.6) is 5.75 Å². The predicted octanol–water partition coefficient (Wildman–Crippen LogP) is 4.41. The van der Waals surface area contributed by atoms with Gasteiger partial charge in [-0.3, -0.25) is 5.43 Å². The molecule has 3 rings (SSSR count). The van der Waals surface area contributed by atoms with Gasteiger partial charge in [-0.05, 0) is 29.0 Å². The van der Waals surface area contributed by atoms with E-state index < -0.39 is 11.7 Å². The van der Waals surface area contributed by atoms with Crippen molar-refractivity contribution in [3.8, 4) is 5.75 Å². The van der Waals surface area contributed by atoms with Crippen LogP contribution in [0.15, 0.2) is 59.8 Å². The van der Waals surface area contributed by atoms with Gasteiger partial charge < -0.3 is 5.11 Å². The summed E-state index contributed by atoms with van der Waals surface area (Å²) in [5, 5.41) is 15.7. The second-order valence-electron chi connectivity index (χ2n) is 5.02. The van der Waals surface area contributed by atoms with Gasteiger partial charge in [-0.25, -0.2) is 4.98 Å². The molecule has 4 nitrogen and oxygen atoms in total. The molecule has 1 heterocycles. The number of nitrogens with one attached hydrogen (secondary N) is 1. The molecule has 0 spiro atoms. The van der Waals surface area contributed by atoms with Crippen molar-refractivity contribution in [2.75, 3.05) is 5.43 Å². The molecular formula is C17H12F3N3O. The lowest BCUT2D eigenvalue weighted by atomic mass is 10.0. The molecular weight excluding hydrogens is 319 g/mol. The van der Waals surface area contributed by atoms with Gasteiger partial charge in [0.15, 0.2) is 0 Å². The van der Waals surface area contributed by atoms with Crippen LogP contribution in [-0.2, 0) is 6.18 Å². The quantitative estimate of drug-likeness (QED) is 0.552. The van der Waals surface area contributed by atoms with E-state index in [4.69, 9.17) is 0 Å². The molecule has 0 aliphatic carbocycles. The summed E-state index contributed by atoms with van der Waals surface area (Å²) < 4.78 is 37.4. The van der Waals surface area contributed by atoms with Crippen LogP contribution >= 0.6 is 0 Å². The van der Waals surface area contributed by atoms with Crippen molar-refractivity contribution in [1.29, 1.82) is 0 Å². The molecule has 0 radical (unpaired) electrons. The van der Waals surface area contributed by atoms with Crippen LogP contribution in [0.3, 0.4) is 0 Å². The van der Waals surface area contributed by atoms with Crippen LogP contribution in [0.1, 0.15) is 11.1 Å². The number of alkyl halides is 3. The average Bonchev–Trinajstić information content (AvgIpc) is 2.56. The van der Waals surface area contributed by atoms with Gasteiger partial charge in [-0.1, -0.05) is 30.3 Å². The molecule has 0 unspecified atom stereocenters. The van der Waals surface area contributed by atoms with Crippen LogP contribution in [0.25, 0.3) is 10.8 Å². The fourth-order valence-corrected chi connectivity index (χ4v) is 2.21. The van der Waals surface area contributed by atoms with Gasteiger partial charge in [0.1, 0.15) is 11.6 Å². The number of anilines is 1. The van der Waals surface area contributed by atoms with Crippen molar-refractivity contribution >= 4 is 22.8 Å². The Hall–Kier alpha value is -3.09. The highest BCUT2D eigenvalue weighted by atomic mass is 19.4. The van der Waals surface area contributed by atoms with E-state index in [0.717, 1.165) is 23.0 Å². The van der Waals surface area contributed by atoms with Gasteiger partial charge in [0, 0.05) is 11.8 Å². The molecule has 3 aromatic rings. The maximum absolute atomic E-state index is 12.5. The smallest absolute Gasteiger partial charge is 0.417 e. The highest BCUT2D eigenvalue weighted by Crippen LogP contribution is 2.29. The lowest BCUT2D eigenvalue weighted by Crippen LogP contribution is -2.05. The summed E-state index contributed by atoms with van der Waals surface area (Å²) in [6.45, 7) is 0. The molecule has 122 valence electrons. The molecule has 0 aliphatic rings. The van der Waals surface area contributed by atoms with Gasteiger partial charge in [0.05, 0.1) is 11.8 Å². The van der Waals surface area contributed by atoms with Crippen LogP contribution < -0.4 is 5.43 Å². The first-order valence-electron chi connectivity index (χ1n) is 6.98. The molecule has 1 aromatic heterocycles. The Kier molecular flexibility index (Phi) is 4.07. The number of benzene rings is 2. The number of phenols is 1. The number of hydrazone groups is 1. The van der Waals surface area contributed by atoms with Crippen molar-refractivity contribution in [1.82, 2.24) is 4.98 Å². The number of nitrogens with zero attached hydrogens (tertiary/aromatic N) is 2. The van der Waals surface area contributed by atoms with Crippen molar-refractivity contribution in [3.63, 3.8) is 0 Å². The second kappa shape index (κ2) is 6.19. The molecule has 0 saturated carbocycles. The Morgan fingerprint density at radius 1 is 1.04 bits per heavy atom. The summed E-state index contributed by atoms with van der Waals surface area (Å²) >= 11 is 0. The Morgan fingerprint density at radius 3 is 2.54 bits per heavy atom. The predicted molar refractivity (Wildman–Crippen MR) is 86.1 cm³/mol. The number of pyridine rings is 1. The van der Waals surface area contributed by atoms with Crippen LogP contribution in [0.4, 0.5) is 19.0 Å². The third-order valence-corrected chi connectivity index (χ3v) is 3.41. The molecule has 0 fully saturated rings. The number of hydrogen-bond acceptors (Lipinski definition) is 4. The number of aromatic hydroxyl groups is 1. The molecule has 0 bridgehead atoms. The van der Waals surface area contributed by atoms with E-state index in [1.807, 2.05) is 24.3 Å². The van der Waals surface area contributed by atoms with E-state index in [1.165, 1.54) is 12.3 Å². The first kappa shape index (κ1) is 15.8. The molecule has 0 atom stereocenters. The summed E-state index contributed by atoms with van der Waals surface area (Å²) in [5.41, 5.74) is 2.22. The number of hydrogen-bond donors (Lipinski definition) is 2. The Labute approximate surface area is 135 Å². The number of rotatable bonds is 3. The summed E-state index contributed by atoms with van der Waals surface area (Å²) in [6.07, 6.45) is -2.30. The van der Waals surface area contributed by atoms with E-state index in [9.17, 15) is 18.3 Å². The van der Waals surface area contributed by atoms with E-state index in [-0.39, 0.29) is 11.6 Å². The summed E-state index contributed by atoms with van der Waals surface area (Å²) in [5.74, 6) is 0.221. The maximum atomic E-state index is 12.5. The third-order valence-electron chi connectivity index (χ3n) is 3.41. The molecule has 24 heavy (non-hydrogen) atoms. The first-order chi connectivity index (χ1) is 11.4. The van der Waals surface area contributed by atoms with E-state index in [1.54, 1.807) is 12.1 Å². The Morgan fingerprint density at radius 2 is 1.83 bits per heavy atom. The van der Waals surface area contributed by atoms with Crippen molar-refractivity contribution in [3.05, 3.63) is 65.9 Å². The van der Waals surface area contributed by atoms with E-state index in [2.05, 4.69) is 15.5 Å². The van der Waals surface area contributed by atoms with Gasteiger partial charge in [0.25, 0.3) is 0 Å². The summed E-state index contributed by atoms with van der Waals surface area (Å²) in [6, 6.07) is 12.9. The average molecular weight is 331 g/mol. The minimum atomic E-state index is -4.43. The zero-order valence-corrected chi connectivity index (χ0v) is 12.2. The minimum absolute atomic E-state index is 0.0552. The second-order valence-corrected chi connectivity index (χ2v) is 5.02. The fourth-order valence-electron chi connectivity index (χ4n) is 2.21. The van der Waals surface area contributed by atoms with Gasteiger partial charge in [0.2, 0.25) is 0 Å². The standard InChI is InChI=1S/C17H12F3N3O/c18-17(19,20)12-6-8-16(21-9-12)23-22-10-14-13-4-2-1-3-11(13)5-7-15(14)24/h1-10,24H,(H,21,23)/b22-10+. The third kappa shape index (κ3) is 3.29. The van der Waals surface area contributed by atoms with Crippen molar-refractivity contribution in [2.45, 2.75) is 6.18 Å². The van der Waals surface area contributed by atoms with Gasteiger partial charge in [-0.15, -0.1) is 0 Å². The van der Waals surface area contributed by atoms with Crippen molar-refractivity contribution in [2.24, 2.45) is 5.10 Å². The van der Waals surface area contributed by atoms with E-state index >= 15 is 0 Å². The monoisotopic (exact) mass is 331 g/mol. The Bertz CT molecular complexity index is 890. The van der Waals surface area contributed by atoms with E-state index in [0.29, 0.717) is 5.56 Å². The van der Waals surface area contributed by atoms with Crippen LogP contribution in [-0.4, -0.2) is 16.3 Å². The lowest BCUT2D eigenvalue weighted by Gasteiger charge is -2.07. The molecule has 0 saturated heterocycles. The molecule has 2 aromatic carbocycles. The molecule has 0 amide bonds. The number of phenolic OH excluding ortho intramolecular Hbond substituents is 1. The SMILES string of the molecule is Oc1ccc2ccccc2c1/C=N/Nc1ccc(C(F)(F)F)cn1. The molecule has 2 N–H and O–H groups in total. The maximum Gasteiger partial charge on any atom is 0.417 e. The summed E-state index contributed by atoms with van der Waals surface area (Å²) in [4.78, 5) is 3.65. The topological polar surface area (TPSA) is 57.5 Å². The van der Waals surface area contributed by atoms with Gasteiger partial charge >= 0.3 is 6.18 Å². The first-order valence-corrected chi connectivity index (χ1v) is 6.98. The minimum Gasteiger partial charge on any atom is -0.507 e. The molecule has 7 heteroatoms. The number of fused-ring (bicyclic) bond motifs is 1. The Balaban J connectivity index is 1.81. The zero-order chi connectivity index (χ0) is 17.2. The lowest BCUT2D eigenvalue weighted by molar-refractivity contribution is -0.137. The van der Waals surface area contributed by atoms with Crippen molar-refractivity contribution < 1.29 is 18.3 Å². The fraction of sp³-hybridized carbons (Fsp3) is 0.0588. The largest absolute Gasteiger partial charge is 0.507 e. The zero-order valence-electron chi connectivity index (χ0n) is 12.2. The van der Waals surface area contributed by atoms with Gasteiger partial charge in [-0.2, -0.15) is 18.3 Å². The van der Waals surface area contributed by atoms with Crippen LogP contribution in [0.2, 0.25) is 0 Å². The number of aromatic nitrogens is 1. The highest BCUT2D eigenvalue weighted by molar-refractivity contribution is 6.02. The molecule has 0 aliphatic heterocycles. The highest BCUT2D eigenvalue weighted by Gasteiger charge is 2.30. The normalized spacial score (nSPS) is 12.0.